The maximum atomic E-state index is 10.6. The van der Waals surface area contributed by atoms with Gasteiger partial charge in [0, 0.05) is 0 Å². The van der Waals surface area contributed by atoms with Crippen LogP contribution in [0.4, 0.5) is 0 Å². The highest BCUT2D eigenvalue weighted by Gasteiger charge is 2.43. The zero-order valence-corrected chi connectivity index (χ0v) is 5.85. The van der Waals surface area contributed by atoms with Gasteiger partial charge in [-0.15, -0.1) is 0 Å². The molecule has 2 nitrogen and oxygen atoms in total. The van der Waals surface area contributed by atoms with E-state index in [-0.39, 0.29) is 5.78 Å². The molecule has 0 atom stereocenters. The predicted molar refractivity (Wildman–Crippen MR) is 34.0 cm³/mol. The lowest BCUT2D eigenvalue weighted by Gasteiger charge is -2.39. The molecule has 0 radical (unpaired) electrons. The van der Waals surface area contributed by atoms with Gasteiger partial charge in [0.1, 0.15) is 5.60 Å². The van der Waals surface area contributed by atoms with Gasteiger partial charge in [-0.05, 0) is 25.7 Å². The van der Waals surface area contributed by atoms with Crippen LogP contribution in [0, 0.1) is 5.92 Å². The summed E-state index contributed by atoms with van der Waals surface area (Å²) in [6.45, 7) is 3.49. The molecule has 0 aromatic rings. The van der Waals surface area contributed by atoms with Crippen molar-refractivity contribution in [2.75, 3.05) is 0 Å². The summed E-state index contributed by atoms with van der Waals surface area (Å²) in [5, 5.41) is 9.31. The normalized spacial score (nSPS) is 41.9. The first-order valence-electron chi connectivity index (χ1n) is 3.28. The van der Waals surface area contributed by atoms with Crippen molar-refractivity contribution in [2.24, 2.45) is 5.92 Å². The highest BCUT2D eigenvalue weighted by Crippen LogP contribution is 2.37. The Morgan fingerprint density at radius 3 is 2.22 bits per heavy atom. The third kappa shape index (κ3) is 0.990. The van der Waals surface area contributed by atoms with Crippen LogP contribution >= 0.6 is 0 Å². The van der Waals surface area contributed by atoms with Gasteiger partial charge in [-0.3, -0.25) is 4.79 Å². The summed E-state index contributed by atoms with van der Waals surface area (Å²) in [6, 6.07) is 0. The average molecular weight is 128 g/mol. The van der Waals surface area contributed by atoms with Gasteiger partial charge in [0.25, 0.3) is 0 Å². The van der Waals surface area contributed by atoms with E-state index < -0.39 is 5.60 Å². The summed E-state index contributed by atoms with van der Waals surface area (Å²) in [7, 11) is 0. The van der Waals surface area contributed by atoms with E-state index in [1.165, 1.54) is 6.92 Å². The van der Waals surface area contributed by atoms with E-state index in [9.17, 15) is 9.90 Å². The Bertz CT molecular complexity index is 134. The van der Waals surface area contributed by atoms with Crippen LogP contribution in [0.15, 0.2) is 0 Å². The summed E-state index contributed by atoms with van der Waals surface area (Å²) in [5.41, 5.74) is -0.945. The topological polar surface area (TPSA) is 37.3 Å². The summed E-state index contributed by atoms with van der Waals surface area (Å²) < 4.78 is 0. The van der Waals surface area contributed by atoms with E-state index in [0.29, 0.717) is 18.8 Å². The van der Waals surface area contributed by atoms with Gasteiger partial charge >= 0.3 is 0 Å². The molecule has 0 heterocycles. The molecular formula is C7H12O2. The van der Waals surface area contributed by atoms with Crippen molar-refractivity contribution in [1.29, 1.82) is 0 Å². The number of carbonyl (C=O) groups is 1. The minimum atomic E-state index is -0.945. The standard InChI is InChI=1S/C7H12O2/c1-5-3-7(9,4-5)6(2)8/h5,9H,3-4H2,1-2H3. The zero-order chi connectivity index (χ0) is 7.07. The number of ketones is 1. The quantitative estimate of drug-likeness (QED) is 0.565. The Labute approximate surface area is 54.9 Å². The molecule has 1 fully saturated rings. The van der Waals surface area contributed by atoms with Crippen LogP contribution in [-0.4, -0.2) is 16.5 Å². The number of aliphatic hydroxyl groups is 1. The third-order valence-corrected chi connectivity index (χ3v) is 2.03. The number of hydrogen-bond donors (Lipinski definition) is 1. The molecule has 0 unspecified atom stereocenters. The molecule has 1 N–H and O–H groups in total. The van der Waals surface area contributed by atoms with E-state index in [1.807, 2.05) is 6.92 Å². The Morgan fingerprint density at radius 1 is 1.67 bits per heavy atom. The average Bonchev–Trinajstić information content (AvgIpc) is 1.62. The van der Waals surface area contributed by atoms with Crippen molar-refractivity contribution >= 4 is 5.78 Å². The molecule has 0 spiro atoms. The number of carbonyl (C=O) groups excluding carboxylic acids is 1. The van der Waals surface area contributed by atoms with Crippen molar-refractivity contribution in [3.63, 3.8) is 0 Å². The van der Waals surface area contributed by atoms with Gasteiger partial charge in [-0.25, -0.2) is 0 Å². The Kier molecular flexibility index (Phi) is 1.35. The highest BCUT2D eigenvalue weighted by atomic mass is 16.3. The molecule has 1 aliphatic rings. The molecule has 2 heteroatoms. The van der Waals surface area contributed by atoms with Gasteiger partial charge in [-0.1, -0.05) is 6.92 Å². The third-order valence-electron chi connectivity index (χ3n) is 2.03. The smallest absolute Gasteiger partial charge is 0.161 e. The Hall–Kier alpha value is -0.370. The lowest BCUT2D eigenvalue weighted by Crippen LogP contribution is -2.48. The molecular weight excluding hydrogens is 116 g/mol. The molecule has 0 amide bonds. The minimum Gasteiger partial charge on any atom is -0.382 e. The molecule has 0 aromatic carbocycles. The van der Waals surface area contributed by atoms with E-state index in [0.717, 1.165) is 0 Å². The van der Waals surface area contributed by atoms with Crippen molar-refractivity contribution < 1.29 is 9.90 Å². The number of Topliss-reactive ketones (excluding diaryl/α,β-unsaturated/α-hetero) is 1. The molecule has 0 aromatic heterocycles. The number of hydrogen-bond acceptors (Lipinski definition) is 2. The van der Waals surface area contributed by atoms with Crippen LogP contribution in [0.2, 0.25) is 0 Å². The lowest BCUT2D eigenvalue weighted by atomic mass is 9.70. The second-order valence-electron chi connectivity index (χ2n) is 3.10. The van der Waals surface area contributed by atoms with Crippen LogP contribution in [0.1, 0.15) is 26.7 Å². The highest BCUT2D eigenvalue weighted by molar-refractivity contribution is 5.85. The summed E-state index contributed by atoms with van der Waals surface area (Å²) in [6.07, 6.45) is 1.31. The molecule has 9 heavy (non-hydrogen) atoms. The summed E-state index contributed by atoms with van der Waals surface area (Å²) >= 11 is 0. The first-order chi connectivity index (χ1) is 4.04. The van der Waals surface area contributed by atoms with Crippen molar-refractivity contribution in [3.8, 4) is 0 Å². The van der Waals surface area contributed by atoms with Gasteiger partial charge in [0.15, 0.2) is 5.78 Å². The minimum absolute atomic E-state index is 0.0828. The molecule has 0 bridgehead atoms. The Balaban J connectivity index is 2.50. The van der Waals surface area contributed by atoms with Crippen molar-refractivity contribution in [3.05, 3.63) is 0 Å². The fourth-order valence-electron chi connectivity index (χ4n) is 1.38. The fraction of sp³-hybridized carbons (Fsp3) is 0.857. The van der Waals surface area contributed by atoms with Crippen LogP contribution in [0.25, 0.3) is 0 Å². The van der Waals surface area contributed by atoms with Crippen molar-refractivity contribution in [1.82, 2.24) is 0 Å². The molecule has 0 aliphatic heterocycles. The molecule has 1 saturated carbocycles. The van der Waals surface area contributed by atoms with Gasteiger partial charge in [0.05, 0.1) is 0 Å². The van der Waals surface area contributed by atoms with Crippen LogP contribution in [0.5, 0.6) is 0 Å². The van der Waals surface area contributed by atoms with E-state index in [1.54, 1.807) is 0 Å². The van der Waals surface area contributed by atoms with E-state index in [4.69, 9.17) is 0 Å². The first kappa shape index (κ1) is 6.75. The molecule has 1 aliphatic carbocycles. The van der Waals surface area contributed by atoms with Crippen LogP contribution < -0.4 is 0 Å². The fourth-order valence-corrected chi connectivity index (χ4v) is 1.38. The second kappa shape index (κ2) is 1.81. The SMILES string of the molecule is CC(=O)C1(O)CC(C)C1. The molecule has 1 rings (SSSR count). The predicted octanol–water partition coefficient (Wildman–Crippen LogP) is 0.736. The monoisotopic (exact) mass is 128 g/mol. The van der Waals surface area contributed by atoms with Crippen LogP contribution in [-0.2, 0) is 4.79 Å². The largest absolute Gasteiger partial charge is 0.382 e. The summed E-state index contributed by atoms with van der Waals surface area (Å²) in [5.74, 6) is 0.444. The second-order valence-corrected chi connectivity index (χ2v) is 3.10. The molecule has 52 valence electrons. The lowest BCUT2D eigenvalue weighted by molar-refractivity contribution is -0.149. The van der Waals surface area contributed by atoms with E-state index >= 15 is 0 Å². The van der Waals surface area contributed by atoms with Gasteiger partial charge in [0.2, 0.25) is 0 Å². The maximum absolute atomic E-state index is 10.6. The first-order valence-corrected chi connectivity index (χ1v) is 3.28. The van der Waals surface area contributed by atoms with E-state index in [2.05, 4.69) is 0 Å². The van der Waals surface area contributed by atoms with Gasteiger partial charge < -0.3 is 5.11 Å². The Morgan fingerprint density at radius 2 is 2.11 bits per heavy atom. The maximum Gasteiger partial charge on any atom is 0.161 e. The molecule has 0 saturated heterocycles. The van der Waals surface area contributed by atoms with Crippen molar-refractivity contribution in [2.45, 2.75) is 32.3 Å². The van der Waals surface area contributed by atoms with Crippen LogP contribution in [0.3, 0.4) is 0 Å². The summed E-state index contributed by atoms with van der Waals surface area (Å²) in [4.78, 5) is 10.6. The zero-order valence-electron chi connectivity index (χ0n) is 5.85. The van der Waals surface area contributed by atoms with Gasteiger partial charge in [-0.2, -0.15) is 0 Å². The number of rotatable bonds is 1.